The Bertz CT molecular complexity index is 776. The second-order valence-corrected chi connectivity index (χ2v) is 6.60. The summed E-state index contributed by atoms with van der Waals surface area (Å²) in [7, 11) is 0. The average Bonchev–Trinajstić information content (AvgIpc) is 2.47. The van der Waals surface area contributed by atoms with Crippen molar-refractivity contribution in [2.45, 2.75) is 5.92 Å². The summed E-state index contributed by atoms with van der Waals surface area (Å²) in [5.41, 5.74) is 2.79. The van der Waals surface area contributed by atoms with Crippen LogP contribution in [0, 0.1) is 0 Å². The van der Waals surface area contributed by atoms with Crippen molar-refractivity contribution in [3.63, 3.8) is 0 Å². The molecule has 3 aromatic rings. The standard InChI is InChI=1S/C19H16BrN/c20-18-8-6-16-11-19(9-7-15(16)10-18)21-12-17(13-21)14-4-2-1-3-5-14/h1-11,17H,12-13H2. The van der Waals surface area contributed by atoms with Crippen molar-refractivity contribution < 1.29 is 0 Å². The topological polar surface area (TPSA) is 3.24 Å². The Labute approximate surface area is 133 Å². The van der Waals surface area contributed by atoms with Gasteiger partial charge in [-0.25, -0.2) is 0 Å². The summed E-state index contributed by atoms with van der Waals surface area (Å²) in [4.78, 5) is 2.46. The van der Waals surface area contributed by atoms with E-state index in [0.717, 1.165) is 17.6 Å². The lowest BCUT2D eigenvalue weighted by Crippen LogP contribution is -2.44. The number of anilines is 1. The molecule has 1 aliphatic heterocycles. The highest BCUT2D eigenvalue weighted by atomic mass is 79.9. The molecule has 0 bridgehead atoms. The molecule has 1 saturated heterocycles. The summed E-state index contributed by atoms with van der Waals surface area (Å²) in [6.07, 6.45) is 0. The molecular weight excluding hydrogens is 322 g/mol. The van der Waals surface area contributed by atoms with E-state index in [4.69, 9.17) is 0 Å². The number of fused-ring (bicyclic) bond motifs is 1. The van der Waals surface area contributed by atoms with E-state index in [1.54, 1.807) is 0 Å². The van der Waals surface area contributed by atoms with Crippen molar-refractivity contribution in [3.8, 4) is 0 Å². The summed E-state index contributed by atoms with van der Waals surface area (Å²) >= 11 is 3.53. The normalized spacial score (nSPS) is 15.2. The summed E-state index contributed by atoms with van der Waals surface area (Å²) in [5.74, 6) is 0.673. The molecule has 1 nitrogen and oxygen atoms in total. The SMILES string of the molecule is Brc1ccc2cc(N3CC(c4ccccc4)C3)ccc2c1. The molecule has 0 unspecified atom stereocenters. The van der Waals surface area contributed by atoms with Crippen LogP contribution < -0.4 is 4.90 Å². The smallest absolute Gasteiger partial charge is 0.0373 e. The molecule has 0 aliphatic carbocycles. The Kier molecular flexibility index (Phi) is 3.19. The number of rotatable bonds is 2. The minimum atomic E-state index is 0.673. The van der Waals surface area contributed by atoms with Crippen LogP contribution in [0.5, 0.6) is 0 Å². The van der Waals surface area contributed by atoms with Gasteiger partial charge in [-0.1, -0.05) is 58.4 Å². The van der Waals surface area contributed by atoms with Crippen LogP contribution in [0.2, 0.25) is 0 Å². The Morgan fingerprint density at radius 1 is 0.810 bits per heavy atom. The van der Waals surface area contributed by atoms with Gasteiger partial charge < -0.3 is 4.90 Å². The highest BCUT2D eigenvalue weighted by molar-refractivity contribution is 9.10. The first-order chi connectivity index (χ1) is 10.3. The first-order valence-corrected chi connectivity index (χ1v) is 8.08. The third-order valence-corrected chi connectivity index (χ3v) is 4.80. The Hall–Kier alpha value is -1.80. The first-order valence-electron chi connectivity index (χ1n) is 7.29. The van der Waals surface area contributed by atoms with Crippen molar-refractivity contribution >= 4 is 32.4 Å². The van der Waals surface area contributed by atoms with Gasteiger partial charge in [-0.2, -0.15) is 0 Å². The predicted molar refractivity (Wildman–Crippen MR) is 93.0 cm³/mol. The molecule has 1 fully saturated rings. The number of hydrogen-bond donors (Lipinski definition) is 0. The van der Waals surface area contributed by atoms with Gasteiger partial charge in [-0.3, -0.25) is 0 Å². The van der Waals surface area contributed by atoms with Gasteiger partial charge in [0.15, 0.2) is 0 Å². The highest BCUT2D eigenvalue weighted by Gasteiger charge is 2.27. The van der Waals surface area contributed by atoms with Gasteiger partial charge in [-0.15, -0.1) is 0 Å². The van der Waals surface area contributed by atoms with E-state index in [0.29, 0.717) is 5.92 Å². The van der Waals surface area contributed by atoms with E-state index in [1.165, 1.54) is 22.0 Å². The van der Waals surface area contributed by atoms with Crippen molar-refractivity contribution in [1.82, 2.24) is 0 Å². The maximum atomic E-state index is 3.53. The van der Waals surface area contributed by atoms with Crippen LogP contribution in [0.4, 0.5) is 5.69 Å². The molecule has 1 heterocycles. The summed E-state index contributed by atoms with van der Waals surface area (Å²) in [6.45, 7) is 2.23. The first kappa shape index (κ1) is 12.9. The van der Waals surface area contributed by atoms with Gasteiger partial charge >= 0.3 is 0 Å². The van der Waals surface area contributed by atoms with Crippen molar-refractivity contribution in [2.24, 2.45) is 0 Å². The van der Waals surface area contributed by atoms with E-state index in [2.05, 4.69) is 87.6 Å². The lowest BCUT2D eigenvalue weighted by molar-refractivity contribution is 0.525. The second kappa shape index (κ2) is 5.19. The number of nitrogens with zero attached hydrogens (tertiary/aromatic N) is 1. The zero-order valence-corrected chi connectivity index (χ0v) is 13.3. The van der Waals surface area contributed by atoms with Crippen LogP contribution in [0.15, 0.2) is 71.2 Å². The molecule has 1 aliphatic rings. The molecule has 21 heavy (non-hydrogen) atoms. The second-order valence-electron chi connectivity index (χ2n) is 5.69. The monoisotopic (exact) mass is 337 g/mol. The van der Waals surface area contributed by atoms with Crippen LogP contribution in [-0.4, -0.2) is 13.1 Å². The van der Waals surface area contributed by atoms with Crippen molar-refractivity contribution in [1.29, 1.82) is 0 Å². The van der Waals surface area contributed by atoms with Crippen LogP contribution in [0.3, 0.4) is 0 Å². The quantitative estimate of drug-likeness (QED) is 0.620. The Balaban J connectivity index is 1.55. The van der Waals surface area contributed by atoms with Crippen molar-refractivity contribution in [2.75, 3.05) is 18.0 Å². The average molecular weight is 338 g/mol. The number of benzene rings is 3. The fraction of sp³-hybridized carbons (Fsp3) is 0.158. The number of halogens is 1. The summed E-state index contributed by atoms with van der Waals surface area (Å²) in [6, 6.07) is 24.0. The van der Waals surface area contributed by atoms with Gasteiger partial charge in [0.1, 0.15) is 0 Å². The number of hydrogen-bond acceptors (Lipinski definition) is 1. The van der Waals surface area contributed by atoms with Crippen LogP contribution in [0.25, 0.3) is 10.8 Å². The molecule has 104 valence electrons. The fourth-order valence-corrected chi connectivity index (χ4v) is 3.40. The molecule has 0 atom stereocenters. The molecule has 4 rings (SSSR count). The lowest BCUT2D eigenvalue weighted by atomic mass is 9.91. The van der Waals surface area contributed by atoms with E-state index in [9.17, 15) is 0 Å². The highest BCUT2D eigenvalue weighted by Crippen LogP contribution is 2.33. The zero-order valence-electron chi connectivity index (χ0n) is 11.7. The molecule has 3 aromatic carbocycles. The molecule has 0 saturated carbocycles. The van der Waals surface area contributed by atoms with Crippen LogP contribution >= 0.6 is 15.9 Å². The van der Waals surface area contributed by atoms with E-state index >= 15 is 0 Å². The largest absolute Gasteiger partial charge is 0.370 e. The molecule has 0 spiro atoms. The summed E-state index contributed by atoms with van der Waals surface area (Å²) < 4.78 is 1.14. The zero-order chi connectivity index (χ0) is 14.2. The van der Waals surface area contributed by atoms with Crippen molar-refractivity contribution in [3.05, 3.63) is 76.8 Å². The molecular formula is C19H16BrN. The van der Waals surface area contributed by atoms with Gasteiger partial charge in [0, 0.05) is 29.2 Å². The molecule has 2 heteroatoms. The van der Waals surface area contributed by atoms with Gasteiger partial charge in [0.05, 0.1) is 0 Å². The van der Waals surface area contributed by atoms with Crippen LogP contribution in [-0.2, 0) is 0 Å². The molecule has 0 amide bonds. The third-order valence-electron chi connectivity index (χ3n) is 4.30. The van der Waals surface area contributed by atoms with E-state index < -0.39 is 0 Å². The minimum absolute atomic E-state index is 0.673. The fourth-order valence-electron chi connectivity index (χ4n) is 3.03. The maximum absolute atomic E-state index is 3.53. The lowest BCUT2D eigenvalue weighted by Gasteiger charge is -2.41. The third kappa shape index (κ3) is 2.44. The van der Waals surface area contributed by atoms with Gasteiger partial charge in [0.2, 0.25) is 0 Å². The molecule has 0 N–H and O–H groups in total. The predicted octanol–water partition coefficient (Wildman–Crippen LogP) is 5.21. The molecule has 0 aromatic heterocycles. The van der Waals surface area contributed by atoms with Crippen LogP contribution in [0.1, 0.15) is 11.5 Å². The Morgan fingerprint density at radius 2 is 1.52 bits per heavy atom. The Morgan fingerprint density at radius 3 is 2.33 bits per heavy atom. The van der Waals surface area contributed by atoms with Gasteiger partial charge in [0.25, 0.3) is 0 Å². The van der Waals surface area contributed by atoms with Gasteiger partial charge in [-0.05, 0) is 40.6 Å². The minimum Gasteiger partial charge on any atom is -0.370 e. The summed E-state index contributed by atoms with van der Waals surface area (Å²) in [5, 5.41) is 2.59. The maximum Gasteiger partial charge on any atom is 0.0373 e. The van der Waals surface area contributed by atoms with E-state index in [-0.39, 0.29) is 0 Å². The van der Waals surface area contributed by atoms with E-state index in [1.807, 2.05) is 0 Å². The molecule has 0 radical (unpaired) electrons.